The molecule has 0 aliphatic rings. The Morgan fingerprint density at radius 1 is 1.12 bits per heavy atom. The second-order valence-electron chi connectivity index (χ2n) is 6.26. The molecule has 0 bridgehead atoms. The van der Waals surface area contributed by atoms with E-state index in [4.69, 9.17) is 9.47 Å². The molecule has 1 atom stereocenters. The van der Waals surface area contributed by atoms with Gasteiger partial charge in [-0.05, 0) is 45.2 Å². The summed E-state index contributed by atoms with van der Waals surface area (Å²) in [5, 5.41) is 0. The van der Waals surface area contributed by atoms with Gasteiger partial charge in [-0.1, -0.05) is 37.3 Å². The van der Waals surface area contributed by atoms with Gasteiger partial charge in [0.05, 0.1) is 6.61 Å². The second-order valence-corrected chi connectivity index (χ2v) is 7.24. The normalized spacial score (nSPS) is 13.3. The zero-order valence-electron chi connectivity index (χ0n) is 16.3. The van der Waals surface area contributed by atoms with E-state index in [2.05, 4.69) is 17.0 Å². The molecule has 6 heteroatoms. The highest BCUT2D eigenvalue weighted by Crippen LogP contribution is 2.31. The molecule has 0 radical (unpaired) electrons. The van der Waals surface area contributed by atoms with Crippen molar-refractivity contribution in [3.05, 3.63) is 35.9 Å². The van der Waals surface area contributed by atoms with Crippen LogP contribution in [0, 0.1) is 5.41 Å². The summed E-state index contributed by atoms with van der Waals surface area (Å²) < 4.78 is 10.6. The lowest BCUT2D eigenvalue weighted by atomic mass is 9.81. The molecule has 1 aromatic carbocycles. The molecule has 1 rings (SSSR count). The smallest absolute Gasteiger partial charge is 0.323 e. The van der Waals surface area contributed by atoms with Gasteiger partial charge < -0.3 is 14.4 Å². The Kier molecular flexibility index (Phi) is 10.4. The molecule has 0 aliphatic carbocycles. The first-order valence-corrected chi connectivity index (χ1v) is 10.4. The van der Waals surface area contributed by atoms with Gasteiger partial charge in [0.2, 0.25) is 0 Å². The van der Waals surface area contributed by atoms with E-state index < -0.39 is 17.4 Å². The number of nitrogens with zero attached hydrogens (tertiary/aromatic N) is 1. The number of benzene rings is 1. The molecule has 0 saturated heterocycles. The van der Waals surface area contributed by atoms with Crippen LogP contribution in [0.5, 0.6) is 0 Å². The number of esters is 2. The van der Waals surface area contributed by atoms with Crippen molar-refractivity contribution in [2.24, 2.45) is 5.41 Å². The number of hydrogen-bond acceptors (Lipinski definition) is 6. The summed E-state index contributed by atoms with van der Waals surface area (Å²) in [5.74, 6) is -0.243. The second kappa shape index (κ2) is 12.0. The lowest BCUT2D eigenvalue weighted by Crippen LogP contribution is -2.44. The van der Waals surface area contributed by atoms with Gasteiger partial charge in [-0.15, -0.1) is 0 Å². The maximum Gasteiger partial charge on any atom is 0.323 e. The van der Waals surface area contributed by atoms with Gasteiger partial charge in [0.25, 0.3) is 0 Å². The monoisotopic (exact) mass is 381 g/mol. The van der Waals surface area contributed by atoms with E-state index in [-0.39, 0.29) is 6.61 Å². The third-order valence-corrected chi connectivity index (χ3v) is 4.97. The van der Waals surface area contributed by atoms with Crippen LogP contribution in [0.4, 0.5) is 0 Å². The summed E-state index contributed by atoms with van der Waals surface area (Å²) in [6.07, 6.45) is 2.69. The number of carbonyl (C=O) groups excluding carboxylic acids is 2. The Labute approximate surface area is 161 Å². The molecule has 0 fully saturated rings. The van der Waals surface area contributed by atoms with Crippen LogP contribution in [-0.4, -0.2) is 55.7 Å². The van der Waals surface area contributed by atoms with Crippen molar-refractivity contribution in [3.63, 3.8) is 0 Å². The zero-order valence-corrected chi connectivity index (χ0v) is 17.1. The Balaban J connectivity index is 2.79. The predicted molar refractivity (Wildman–Crippen MR) is 106 cm³/mol. The van der Waals surface area contributed by atoms with Crippen molar-refractivity contribution in [3.8, 4) is 0 Å². The quantitative estimate of drug-likeness (QED) is 0.314. The van der Waals surface area contributed by atoms with Crippen LogP contribution < -0.4 is 0 Å². The summed E-state index contributed by atoms with van der Waals surface area (Å²) in [7, 11) is 1.98. The van der Waals surface area contributed by atoms with Crippen LogP contribution in [0.15, 0.2) is 30.3 Å². The number of carbonyl (C=O) groups is 2. The Bertz CT molecular complexity index is 552. The van der Waals surface area contributed by atoms with Crippen LogP contribution in [0.3, 0.4) is 0 Å². The highest BCUT2D eigenvalue weighted by molar-refractivity contribution is 7.98. The molecule has 0 aromatic heterocycles. The third kappa shape index (κ3) is 6.65. The number of ether oxygens (including phenoxy) is 2. The molecule has 5 nitrogen and oxygen atoms in total. The van der Waals surface area contributed by atoms with Crippen LogP contribution >= 0.6 is 11.8 Å². The summed E-state index contributed by atoms with van der Waals surface area (Å²) in [6.45, 7) is 5.49. The highest BCUT2D eigenvalue weighted by Gasteiger charge is 2.47. The largest absolute Gasteiger partial charge is 0.465 e. The molecule has 0 N–H and O–H groups in total. The molecule has 0 amide bonds. The SMILES string of the molecule is CCOC(=O)C(CC)(CCN(C)Cc1ccccc1)C(=O)OCCSC. The van der Waals surface area contributed by atoms with Gasteiger partial charge in [0, 0.05) is 12.3 Å². The number of rotatable bonds is 12. The van der Waals surface area contributed by atoms with Crippen molar-refractivity contribution >= 4 is 23.7 Å². The molecule has 0 aliphatic heterocycles. The Hall–Kier alpha value is -1.53. The van der Waals surface area contributed by atoms with Crippen molar-refractivity contribution in [2.75, 3.05) is 38.8 Å². The van der Waals surface area contributed by atoms with E-state index in [1.165, 1.54) is 5.56 Å². The molecule has 146 valence electrons. The van der Waals surface area contributed by atoms with Gasteiger partial charge in [0.15, 0.2) is 5.41 Å². The lowest BCUT2D eigenvalue weighted by Gasteiger charge is -2.30. The standard InChI is InChI=1S/C20H31NO4S/c1-5-20(18(22)24-6-2,19(23)25-14-15-26-4)12-13-21(3)16-17-10-8-7-9-11-17/h7-11H,5-6,12-16H2,1-4H3. The van der Waals surface area contributed by atoms with E-state index in [0.29, 0.717) is 31.7 Å². The number of hydrogen-bond donors (Lipinski definition) is 0. The van der Waals surface area contributed by atoms with Crippen molar-refractivity contribution < 1.29 is 19.1 Å². The number of thioether (sulfide) groups is 1. The maximum atomic E-state index is 12.7. The van der Waals surface area contributed by atoms with Crippen molar-refractivity contribution in [1.29, 1.82) is 0 Å². The minimum absolute atomic E-state index is 0.249. The molecule has 26 heavy (non-hydrogen) atoms. The van der Waals surface area contributed by atoms with Gasteiger partial charge in [0.1, 0.15) is 6.61 Å². The van der Waals surface area contributed by atoms with Gasteiger partial charge in [-0.2, -0.15) is 11.8 Å². The lowest BCUT2D eigenvalue weighted by molar-refractivity contribution is -0.173. The topological polar surface area (TPSA) is 55.8 Å². The van der Waals surface area contributed by atoms with Gasteiger partial charge in [-0.25, -0.2) is 0 Å². The van der Waals surface area contributed by atoms with E-state index in [1.54, 1.807) is 18.7 Å². The molecular formula is C20H31NO4S. The fraction of sp³-hybridized carbons (Fsp3) is 0.600. The summed E-state index contributed by atoms with van der Waals surface area (Å²) in [5.41, 5.74) is -0.0462. The molecule has 0 heterocycles. The average Bonchev–Trinajstić information content (AvgIpc) is 2.64. The predicted octanol–water partition coefficient (Wildman–Crippen LogP) is 3.37. The molecule has 0 saturated carbocycles. The minimum Gasteiger partial charge on any atom is -0.465 e. The fourth-order valence-corrected chi connectivity index (χ4v) is 2.98. The summed E-state index contributed by atoms with van der Waals surface area (Å²) in [4.78, 5) is 27.4. The Morgan fingerprint density at radius 2 is 1.77 bits per heavy atom. The highest BCUT2D eigenvalue weighted by atomic mass is 32.2. The van der Waals surface area contributed by atoms with Crippen LogP contribution in [0.2, 0.25) is 0 Å². The fourth-order valence-electron chi connectivity index (χ4n) is 2.73. The summed E-state index contributed by atoms with van der Waals surface area (Å²) >= 11 is 1.60. The van der Waals surface area contributed by atoms with E-state index in [9.17, 15) is 9.59 Å². The van der Waals surface area contributed by atoms with Crippen molar-refractivity contribution in [1.82, 2.24) is 4.90 Å². The van der Waals surface area contributed by atoms with Gasteiger partial charge in [-0.3, -0.25) is 9.59 Å². The average molecular weight is 382 g/mol. The molecule has 0 spiro atoms. The molecule has 1 aromatic rings. The maximum absolute atomic E-state index is 12.7. The van der Waals surface area contributed by atoms with E-state index in [1.807, 2.05) is 38.4 Å². The first-order valence-electron chi connectivity index (χ1n) is 9.06. The van der Waals surface area contributed by atoms with E-state index in [0.717, 1.165) is 6.54 Å². The van der Waals surface area contributed by atoms with Crippen molar-refractivity contribution in [2.45, 2.75) is 33.2 Å². The Morgan fingerprint density at radius 3 is 2.35 bits per heavy atom. The van der Waals surface area contributed by atoms with Crippen LogP contribution in [0.1, 0.15) is 32.3 Å². The van der Waals surface area contributed by atoms with E-state index >= 15 is 0 Å². The minimum atomic E-state index is -1.24. The third-order valence-electron chi connectivity index (χ3n) is 4.40. The van der Waals surface area contributed by atoms with Crippen LogP contribution in [0.25, 0.3) is 0 Å². The van der Waals surface area contributed by atoms with Gasteiger partial charge >= 0.3 is 11.9 Å². The van der Waals surface area contributed by atoms with Crippen LogP contribution in [-0.2, 0) is 25.6 Å². The molecular weight excluding hydrogens is 350 g/mol. The zero-order chi connectivity index (χ0) is 19.4. The first kappa shape index (κ1) is 22.5. The first-order chi connectivity index (χ1) is 12.5. The summed E-state index contributed by atoms with van der Waals surface area (Å²) in [6, 6.07) is 10.1. The molecule has 1 unspecified atom stereocenters.